The molecule has 8 heteroatoms. The fourth-order valence-corrected chi connectivity index (χ4v) is 3.20. The van der Waals surface area contributed by atoms with E-state index in [0.717, 1.165) is 38.5 Å². The Morgan fingerprint density at radius 1 is 1.27 bits per heavy atom. The van der Waals surface area contributed by atoms with Crippen LogP contribution < -0.4 is 10.2 Å². The van der Waals surface area contributed by atoms with E-state index in [-0.39, 0.29) is 11.7 Å². The van der Waals surface area contributed by atoms with Crippen molar-refractivity contribution >= 4 is 17.3 Å². The van der Waals surface area contributed by atoms with Gasteiger partial charge in [0.25, 0.3) is 5.69 Å². The van der Waals surface area contributed by atoms with Gasteiger partial charge in [-0.3, -0.25) is 15.0 Å². The summed E-state index contributed by atoms with van der Waals surface area (Å²) in [5.74, 6) is 1.71. The molecule has 0 aromatic carbocycles. The molecule has 0 bridgehead atoms. The lowest BCUT2D eigenvalue weighted by molar-refractivity contribution is -0.385. The van der Waals surface area contributed by atoms with Crippen LogP contribution in [0.1, 0.15) is 12.5 Å². The number of nitro groups is 1. The monoisotopic (exact) mass is 356 g/mol. The molecule has 8 nitrogen and oxygen atoms in total. The number of piperazine rings is 1. The van der Waals surface area contributed by atoms with Crippen LogP contribution in [-0.2, 0) is 0 Å². The lowest BCUT2D eigenvalue weighted by atomic mass is 10.2. The van der Waals surface area contributed by atoms with Gasteiger partial charge in [-0.2, -0.15) is 0 Å². The van der Waals surface area contributed by atoms with Gasteiger partial charge in [-0.05, 0) is 32.0 Å². The molecule has 0 spiro atoms. The summed E-state index contributed by atoms with van der Waals surface area (Å²) in [6, 6.07) is 7.92. The van der Waals surface area contributed by atoms with E-state index in [1.54, 1.807) is 13.0 Å². The first-order valence-electron chi connectivity index (χ1n) is 8.79. The number of aromatic nitrogens is 2. The highest BCUT2D eigenvalue weighted by Crippen LogP contribution is 2.19. The topological polar surface area (TPSA) is 87.4 Å². The zero-order valence-corrected chi connectivity index (χ0v) is 15.1. The predicted molar refractivity (Wildman–Crippen MR) is 102 cm³/mol. The molecule has 3 heterocycles. The highest BCUT2D eigenvalue weighted by Gasteiger charge is 2.20. The summed E-state index contributed by atoms with van der Waals surface area (Å²) in [6.07, 6.45) is 3.14. The number of nitrogens with zero attached hydrogens (tertiary/aromatic N) is 5. The van der Waals surface area contributed by atoms with Gasteiger partial charge in [0, 0.05) is 50.5 Å². The van der Waals surface area contributed by atoms with E-state index in [9.17, 15) is 10.1 Å². The molecule has 1 unspecified atom stereocenters. The Labute approximate surface area is 153 Å². The highest BCUT2D eigenvalue weighted by molar-refractivity contribution is 5.47. The average molecular weight is 356 g/mol. The molecule has 2 aromatic rings. The second-order valence-corrected chi connectivity index (χ2v) is 6.63. The Bertz CT molecular complexity index is 747. The van der Waals surface area contributed by atoms with Crippen molar-refractivity contribution < 1.29 is 4.92 Å². The Morgan fingerprint density at radius 2 is 2.04 bits per heavy atom. The number of aryl methyl sites for hydroxylation is 1. The highest BCUT2D eigenvalue weighted by atomic mass is 16.6. The van der Waals surface area contributed by atoms with Crippen LogP contribution in [0.3, 0.4) is 0 Å². The summed E-state index contributed by atoms with van der Waals surface area (Å²) >= 11 is 0. The van der Waals surface area contributed by atoms with Crippen molar-refractivity contribution in [2.45, 2.75) is 19.9 Å². The molecular formula is C18H24N6O2. The third kappa shape index (κ3) is 4.45. The SMILES string of the molecule is Cc1cc(NC(C)CN2CCN(c3ccccn3)CC2)ncc1[N+](=O)[O-]. The lowest BCUT2D eigenvalue weighted by Crippen LogP contribution is -2.49. The standard InChI is InChI=1S/C18H24N6O2/c1-14-11-17(20-12-16(14)24(25)26)21-15(2)13-22-7-9-23(10-8-22)18-5-3-4-6-19-18/h3-6,11-12,15H,7-10,13H2,1-2H3,(H,20,21). The zero-order valence-electron chi connectivity index (χ0n) is 15.1. The van der Waals surface area contributed by atoms with Crippen molar-refractivity contribution in [2.24, 2.45) is 0 Å². The number of hydrogen-bond acceptors (Lipinski definition) is 7. The molecule has 1 fully saturated rings. The van der Waals surface area contributed by atoms with E-state index >= 15 is 0 Å². The van der Waals surface area contributed by atoms with Crippen molar-refractivity contribution in [2.75, 3.05) is 42.9 Å². The first kappa shape index (κ1) is 18.1. The Kier molecular flexibility index (Phi) is 5.62. The molecule has 0 radical (unpaired) electrons. The van der Waals surface area contributed by atoms with E-state index in [1.807, 2.05) is 24.4 Å². The van der Waals surface area contributed by atoms with E-state index in [2.05, 4.69) is 32.0 Å². The normalized spacial score (nSPS) is 16.3. The Hall–Kier alpha value is -2.74. The summed E-state index contributed by atoms with van der Waals surface area (Å²) in [5, 5.41) is 14.2. The van der Waals surface area contributed by atoms with Gasteiger partial charge >= 0.3 is 0 Å². The van der Waals surface area contributed by atoms with Gasteiger partial charge in [0.05, 0.1) is 4.92 Å². The third-order valence-corrected chi connectivity index (χ3v) is 4.55. The van der Waals surface area contributed by atoms with E-state index in [4.69, 9.17) is 0 Å². The number of hydrogen-bond donors (Lipinski definition) is 1. The molecule has 2 aromatic heterocycles. The summed E-state index contributed by atoms with van der Waals surface area (Å²) < 4.78 is 0. The Morgan fingerprint density at radius 3 is 2.65 bits per heavy atom. The van der Waals surface area contributed by atoms with Crippen molar-refractivity contribution in [3.8, 4) is 0 Å². The largest absolute Gasteiger partial charge is 0.366 e. The predicted octanol–water partition coefficient (Wildman–Crippen LogP) is 2.32. The number of nitrogens with one attached hydrogen (secondary N) is 1. The minimum Gasteiger partial charge on any atom is -0.366 e. The fourth-order valence-electron chi connectivity index (χ4n) is 3.20. The molecule has 1 saturated heterocycles. The molecule has 3 rings (SSSR count). The van der Waals surface area contributed by atoms with Gasteiger partial charge in [0.1, 0.15) is 17.8 Å². The molecule has 0 saturated carbocycles. The van der Waals surface area contributed by atoms with Crippen LogP contribution >= 0.6 is 0 Å². The number of rotatable bonds is 6. The van der Waals surface area contributed by atoms with E-state index in [1.165, 1.54) is 6.20 Å². The summed E-state index contributed by atoms with van der Waals surface area (Å²) in [5.41, 5.74) is 0.664. The van der Waals surface area contributed by atoms with Gasteiger partial charge in [-0.25, -0.2) is 9.97 Å². The summed E-state index contributed by atoms with van der Waals surface area (Å²) in [4.78, 5) is 23.8. The first-order valence-corrected chi connectivity index (χ1v) is 8.79. The maximum Gasteiger partial charge on any atom is 0.290 e. The van der Waals surface area contributed by atoms with Gasteiger partial charge in [0.2, 0.25) is 0 Å². The molecule has 138 valence electrons. The Balaban J connectivity index is 1.49. The zero-order chi connectivity index (χ0) is 18.5. The smallest absolute Gasteiger partial charge is 0.290 e. The van der Waals surface area contributed by atoms with Crippen LogP contribution in [-0.4, -0.2) is 58.6 Å². The first-order chi connectivity index (χ1) is 12.5. The molecule has 26 heavy (non-hydrogen) atoms. The number of pyridine rings is 2. The molecule has 1 atom stereocenters. The second-order valence-electron chi connectivity index (χ2n) is 6.63. The van der Waals surface area contributed by atoms with Crippen LogP contribution in [0.2, 0.25) is 0 Å². The van der Waals surface area contributed by atoms with Gasteiger partial charge in [-0.1, -0.05) is 6.07 Å². The maximum absolute atomic E-state index is 10.9. The van der Waals surface area contributed by atoms with Gasteiger partial charge in [0.15, 0.2) is 0 Å². The molecule has 0 amide bonds. The molecule has 1 aliphatic rings. The summed E-state index contributed by atoms with van der Waals surface area (Å²) in [7, 11) is 0. The molecular weight excluding hydrogens is 332 g/mol. The molecule has 1 N–H and O–H groups in total. The van der Waals surface area contributed by atoms with Crippen molar-refractivity contribution in [1.29, 1.82) is 0 Å². The molecule has 1 aliphatic heterocycles. The minimum absolute atomic E-state index is 0.0499. The van der Waals surface area contributed by atoms with Gasteiger partial charge < -0.3 is 10.2 Å². The summed E-state index contributed by atoms with van der Waals surface area (Å²) in [6.45, 7) is 8.60. The van der Waals surface area contributed by atoms with Crippen molar-refractivity contribution in [3.63, 3.8) is 0 Å². The molecule has 0 aliphatic carbocycles. The third-order valence-electron chi connectivity index (χ3n) is 4.55. The van der Waals surface area contributed by atoms with Crippen LogP contribution in [0, 0.1) is 17.0 Å². The second kappa shape index (κ2) is 8.09. The quantitative estimate of drug-likeness (QED) is 0.628. The average Bonchev–Trinajstić information content (AvgIpc) is 2.63. The number of anilines is 2. The van der Waals surface area contributed by atoms with Crippen LogP contribution in [0.15, 0.2) is 36.7 Å². The lowest BCUT2D eigenvalue weighted by Gasteiger charge is -2.36. The fraction of sp³-hybridized carbons (Fsp3) is 0.444. The van der Waals surface area contributed by atoms with Crippen molar-refractivity contribution in [3.05, 3.63) is 52.3 Å². The van der Waals surface area contributed by atoms with Crippen molar-refractivity contribution in [1.82, 2.24) is 14.9 Å². The minimum atomic E-state index is -0.406. The van der Waals surface area contributed by atoms with E-state index in [0.29, 0.717) is 11.4 Å². The van der Waals surface area contributed by atoms with Crippen LogP contribution in [0.5, 0.6) is 0 Å². The maximum atomic E-state index is 10.9. The van der Waals surface area contributed by atoms with E-state index < -0.39 is 4.92 Å². The van der Waals surface area contributed by atoms with Gasteiger partial charge in [-0.15, -0.1) is 0 Å². The van der Waals surface area contributed by atoms with Crippen LogP contribution in [0.4, 0.5) is 17.3 Å². The van der Waals surface area contributed by atoms with Crippen LogP contribution in [0.25, 0.3) is 0 Å².